The van der Waals surface area contributed by atoms with Crippen molar-refractivity contribution < 1.29 is 18.9 Å². The van der Waals surface area contributed by atoms with Crippen LogP contribution >= 0.6 is 0 Å². The molecule has 0 N–H and O–H groups in total. The summed E-state index contributed by atoms with van der Waals surface area (Å²) in [5, 5.41) is 0. The van der Waals surface area contributed by atoms with Crippen molar-refractivity contribution >= 4 is 11.4 Å². The molecule has 0 fully saturated rings. The maximum absolute atomic E-state index is 6.04. The van der Waals surface area contributed by atoms with E-state index in [0.29, 0.717) is 13.2 Å². The number of ether oxygens (including phenoxy) is 4. The summed E-state index contributed by atoms with van der Waals surface area (Å²) in [6, 6.07) is 26.4. The van der Waals surface area contributed by atoms with Crippen LogP contribution in [0.1, 0.15) is 18.4 Å². The Morgan fingerprint density at radius 1 is 0.774 bits per heavy atom. The van der Waals surface area contributed by atoms with Gasteiger partial charge in [0.05, 0.1) is 6.61 Å². The first-order valence-corrected chi connectivity index (χ1v) is 10.5. The second-order valence-electron chi connectivity index (χ2n) is 7.29. The van der Waals surface area contributed by atoms with E-state index in [4.69, 9.17) is 18.9 Å². The van der Waals surface area contributed by atoms with Crippen LogP contribution in [-0.2, 0) is 16.1 Å². The Kier molecular flexibility index (Phi) is 6.96. The van der Waals surface area contributed by atoms with Crippen LogP contribution in [-0.4, -0.2) is 19.9 Å². The first-order chi connectivity index (χ1) is 15.3. The number of benzene rings is 3. The van der Waals surface area contributed by atoms with Crippen molar-refractivity contribution in [2.75, 3.05) is 18.6 Å². The standard InChI is InChI=1S/C26H27NO4/c1-27(22-9-3-2-4-10-22)23-11-6-13-25(19-23)31-20-21-8-5-12-24(18-21)28-15-7-14-26-29-16-17-30-26/h2-6,8-13,16-19,26H,7,14-15,20H2,1H3. The summed E-state index contributed by atoms with van der Waals surface area (Å²) >= 11 is 0. The highest BCUT2D eigenvalue weighted by atomic mass is 16.7. The maximum Gasteiger partial charge on any atom is 0.239 e. The molecule has 0 aromatic heterocycles. The number of nitrogens with zero attached hydrogens (tertiary/aromatic N) is 1. The third-order valence-electron chi connectivity index (χ3n) is 5.02. The van der Waals surface area contributed by atoms with Crippen LogP contribution in [0.25, 0.3) is 0 Å². The van der Waals surface area contributed by atoms with Gasteiger partial charge in [0.1, 0.15) is 30.6 Å². The fraction of sp³-hybridized carbons (Fsp3) is 0.231. The van der Waals surface area contributed by atoms with E-state index in [2.05, 4.69) is 36.2 Å². The molecule has 160 valence electrons. The van der Waals surface area contributed by atoms with Crippen LogP contribution in [0, 0.1) is 0 Å². The van der Waals surface area contributed by atoms with Crippen LogP contribution in [0.2, 0.25) is 0 Å². The molecule has 3 aromatic rings. The van der Waals surface area contributed by atoms with E-state index in [0.717, 1.165) is 41.3 Å². The molecule has 4 rings (SSSR count). The van der Waals surface area contributed by atoms with Crippen molar-refractivity contribution in [2.24, 2.45) is 0 Å². The lowest BCUT2D eigenvalue weighted by atomic mass is 10.2. The van der Waals surface area contributed by atoms with Crippen molar-refractivity contribution in [2.45, 2.75) is 25.7 Å². The van der Waals surface area contributed by atoms with Gasteiger partial charge in [-0.25, -0.2) is 0 Å². The Bertz CT molecular complexity index is 981. The number of anilines is 2. The molecular weight excluding hydrogens is 390 g/mol. The molecule has 0 unspecified atom stereocenters. The summed E-state index contributed by atoms with van der Waals surface area (Å²) in [4.78, 5) is 2.14. The molecule has 1 aliphatic heterocycles. The predicted molar refractivity (Wildman–Crippen MR) is 122 cm³/mol. The monoisotopic (exact) mass is 417 g/mol. The summed E-state index contributed by atoms with van der Waals surface area (Å²) in [7, 11) is 2.05. The minimum absolute atomic E-state index is 0.181. The molecule has 0 saturated heterocycles. The Morgan fingerprint density at radius 3 is 2.29 bits per heavy atom. The summed E-state index contributed by atoms with van der Waals surface area (Å²) in [5.41, 5.74) is 3.27. The van der Waals surface area contributed by atoms with E-state index >= 15 is 0 Å². The number of hydrogen-bond acceptors (Lipinski definition) is 5. The van der Waals surface area contributed by atoms with E-state index in [1.807, 2.05) is 54.6 Å². The Morgan fingerprint density at radius 2 is 1.48 bits per heavy atom. The van der Waals surface area contributed by atoms with E-state index in [9.17, 15) is 0 Å². The van der Waals surface area contributed by atoms with Gasteiger partial charge in [-0.15, -0.1) is 0 Å². The third-order valence-corrected chi connectivity index (χ3v) is 5.02. The van der Waals surface area contributed by atoms with E-state index < -0.39 is 0 Å². The fourth-order valence-corrected chi connectivity index (χ4v) is 3.32. The van der Waals surface area contributed by atoms with Crippen LogP contribution in [0.5, 0.6) is 11.5 Å². The number of rotatable bonds is 10. The van der Waals surface area contributed by atoms with Gasteiger partial charge in [-0.05, 0) is 48.4 Å². The van der Waals surface area contributed by atoms with Crippen molar-refractivity contribution in [3.8, 4) is 11.5 Å². The van der Waals surface area contributed by atoms with Gasteiger partial charge >= 0.3 is 0 Å². The molecule has 31 heavy (non-hydrogen) atoms. The second kappa shape index (κ2) is 10.4. The zero-order valence-electron chi connectivity index (χ0n) is 17.6. The van der Waals surface area contributed by atoms with Gasteiger partial charge < -0.3 is 23.8 Å². The highest BCUT2D eigenvalue weighted by Crippen LogP contribution is 2.27. The van der Waals surface area contributed by atoms with Gasteiger partial charge in [0.25, 0.3) is 0 Å². The predicted octanol–water partition coefficient (Wildman–Crippen LogP) is 6.04. The quantitative estimate of drug-likeness (QED) is 0.376. The topological polar surface area (TPSA) is 40.2 Å². The zero-order valence-corrected chi connectivity index (χ0v) is 17.6. The van der Waals surface area contributed by atoms with Gasteiger partial charge in [0.2, 0.25) is 6.29 Å². The van der Waals surface area contributed by atoms with Crippen LogP contribution in [0.15, 0.2) is 91.4 Å². The first-order valence-electron chi connectivity index (χ1n) is 10.5. The first kappa shape index (κ1) is 20.7. The van der Waals surface area contributed by atoms with Crippen LogP contribution < -0.4 is 14.4 Å². The van der Waals surface area contributed by atoms with Gasteiger partial charge in [-0.1, -0.05) is 36.4 Å². The van der Waals surface area contributed by atoms with E-state index in [1.165, 1.54) is 0 Å². The van der Waals surface area contributed by atoms with Crippen LogP contribution in [0.4, 0.5) is 11.4 Å². The minimum atomic E-state index is -0.181. The van der Waals surface area contributed by atoms with Crippen molar-refractivity contribution in [3.63, 3.8) is 0 Å². The molecule has 0 spiro atoms. The summed E-state index contributed by atoms with van der Waals surface area (Å²) in [6.07, 6.45) is 4.62. The molecule has 0 saturated carbocycles. The average Bonchev–Trinajstić information content (AvgIpc) is 3.35. The molecule has 1 aliphatic rings. The Hall–Kier alpha value is -3.60. The molecule has 0 radical (unpaired) electrons. The second-order valence-corrected chi connectivity index (χ2v) is 7.29. The summed E-state index contributed by atoms with van der Waals surface area (Å²) in [6.45, 7) is 1.09. The smallest absolute Gasteiger partial charge is 0.239 e. The fourth-order valence-electron chi connectivity index (χ4n) is 3.32. The normalized spacial score (nSPS) is 12.8. The largest absolute Gasteiger partial charge is 0.494 e. The highest BCUT2D eigenvalue weighted by molar-refractivity contribution is 5.63. The Balaban J connectivity index is 1.28. The lowest BCUT2D eigenvalue weighted by molar-refractivity contribution is -0.0310. The van der Waals surface area contributed by atoms with Crippen LogP contribution in [0.3, 0.4) is 0 Å². The highest BCUT2D eigenvalue weighted by Gasteiger charge is 2.11. The molecule has 1 heterocycles. The number of para-hydroxylation sites is 1. The lowest BCUT2D eigenvalue weighted by Gasteiger charge is -2.20. The van der Waals surface area contributed by atoms with Crippen molar-refractivity contribution in [1.82, 2.24) is 0 Å². The average molecular weight is 418 g/mol. The molecule has 0 aliphatic carbocycles. The van der Waals surface area contributed by atoms with Gasteiger partial charge in [-0.2, -0.15) is 0 Å². The van der Waals surface area contributed by atoms with Gasteiger partial charge in [0.15, 0.2) is 0 Å². The Labute approximate surface area is 183 Å². The molecule has 0 amide bonds. The zero-order chi connectivity index (χ0) is 21.3. The SMILES string of the molecule is CN(c1ccccc1)c1cccc(OCc2cccc(OCCCC3OC=CO3)c2)c1. The molecule has 5 nitrogen and oxygen atoms in total. The van der Waals surface area contributed by atoms with Gasteiger partial charge in [-0.3, -0.25) is 0 Å². The van der Waals surface area contributed by atoms with Gasteiger partial charge in [0, 0.05) is 30.9 Å². The van der Waals surface area contributed by atoms with E-state index in [-0.39, 0.29) is 6.29 Å². The van der Waals surface area contributed by atoms with Crippen molar-refractivity contribution in [3.05, 3.63) is 97.0 Å². The van der Waals surface area contributed by atoms with E-state index in [1.54, 1.807) is 12.5 Å². The number of hydrogen-bond donors (Lipinski definition) is 0. The molecule has 3 aromatic carbocycles. The summed E-state index contributed by atoms with van der Waals surface area (Å²) in [5.74, 6) is 1.67. The minimum Gasteiger partial charge on any atom is -0.494 e. The van der Waals surface area contributed by atoms with Crippen molar-refractivity contribution in [1.29, 1.82) is 0 Å². The molecule has 0 atom stereocenters. The summed E-state index contributed by atoms with van der Waals surface area (Å²) < 4.78 is 22.4. The third kappa shape index (κ3) is 5.95. The molecular formula is C26H27NO4. The maximum atomic E-state index is 6.04. The molecule has 0 bridgehead atoms. The lowest BCUT2D eigenvalue weighted by Crippen LogP contribution is -2.09. The molecule has 5 heteroatoms.